The molecule has 0 unspecified atom stereocenters. The van der Waals surface area contributed by atoms with Crippen molar-refractivity contribution >= 4 is 141 Å². The second-order valence-electron chi connectivity index (χ2n) is 22.9. The molecule has 0 spiro atoms. The number of fused-ring (bicyclic) bond motifs is 14. The molecule has 0 saturated carbocycles. The number of benzene rings is 11. The van der Waals surface area contributed by atoms with Crippen LogP contribution in [0.1, 0.15) is 52.7 Å². The van der Waals surface area contributed by atoms with Crippen molar-refractivity contribution in [2.24, 2.45) is 0 Å². The largest absolute Gasteiger partial charge is 0.311 e. The van der Waals surface area contributed by atoms with Gasteiger partial charge >= 0.3 is 0 Å². The molecule has 0 saturated heterocycles. The number of hydrogen-bond donors (Lipinski definition) is 0. The first-order chi connectivity index (χ1) is 36.0. The minimum absolute atomic E-state index is 0.0317. The highest BCUT2D eigenvalue weighted by atomic mass is 32.2. The van der Waals surface area contributed by atoms with Gasteiger partial charge in [-0.25, -0.2) is 0 Å². The topological polar surface area (TPSA) is 9.72 Å². The van der Waals surface area contributed by atoms with E-state index < -0.39 is 0 Å². The molecule has 4 aliphatic heterocycles. The Morgan fingerprint density at radius 3 is 1.34 bits per heavy atom. The average Bonchev–Trinajstić information content (AvgIpc) is 3.56. The second-order valence-corrected chi connectivity index (χ2v) is 24.0. The molecule has 0 aromatic heterocycles. The van der Waals surface area contributed by atoms with Crippen LogP contribution in [0.3, 0.4) is 0 Å². The minimum atomic E-state index is -0.149. The molecule has 0 aliphatic carbocycles. The first-order valence-corrected chi connectivity index (χ1v) is 27.1. The second kappa shape index (κ2) is 15.8. The van der Waals surface area contributed by atoms with Crippen molar-refractivity contribution in [2.75, 3.05) is 14.7 Å². The molecule has 11 aromatic rings. The van der Waals surface area contributed by atoms with Crippen molar-refractivity contribution in [3.05, 3.63) is 223 Å². The first-order valence-electron chi connectivity index (χ1n) is 26.2. The van der Waals surface area contributed by atoms with Gasteiger partial charge in [-0.05, 0) is 160 Å². The normalized spacial score (nSPS) is 14.2. The van der Waals surface area contributed by atoms with Crippen LogP contribution in [0.15, 0.2) is 222 Å². The Morgan fingerprint density at radius 2 is 0.743 bits per heavy atom. The van der Waals surface area contributed by atoms with Crippen molar-refractivity contribution in [1.82, 2.24) is 0 Å². The summed E-state index contributed by atoms with van der Waals surface area (Å²) in [5.41, 5.74) is 21.4. The van der Waals surface area contributed by atoms with Crippen LogP contribution in [-0.4, -0.2) is 13.4 Å². The molecular weight excluding hydrogens is 912 g/mol. The zero-order chi connectivity index (χ0) is 49.8. The third-order valence-electron chi connectivity index (χ3n) is 16.5. The van der Waals surface area contributed by atoms with Crippen molar-refractivity contribution < 1.29 is 0 Å². The van der Waals surface area contributed by atoms with Crippen molar-refractivity contribution in [2.45, 2.75) is 62.2 Å². The van der Waals surface area contributed by atoms with E-state index in [0.717, 1.165) is 17.1 Å². The molecule has 0 N–H and O–H groups in total. The smallest absolute Gasteiger partial charge is 0.252 e. The summed E-state index contributed by atoms with van der Waals surface area (Å²) in [6.45, 7) is 14.1. The molecule has 0 atom stereocenters. The van der Waals surface area contributed by atoms with E-state index in [9.17, 15) is 0 Å². The summed E-state index contributed by atoms with van der Waals surface area (Å²) in [6, 6.07) is 81.1. The van der Waals surface area contributed by atoms with Crippen LogP contribution in [0, 0.1) is 0 Å². The quantitative estimate of drug-likeness (QED) is 0.129. The Balaban J connectivity index is 1.10. The summed E-state index contributed by atoms with van der Waals surface area (Å²) in [5.74, 6) is 0. The lowest BCUT2D eigenvalue weighted by atomic mass is 9.30. The standard InChI is InChI=1S/C68H53B2N3S/c1-67(2,3)42-35-60-65-61(36-42)73(46-33-34-51-49-27-14-13-25-47(49)48-26-15-16-28-50(48)52(51)39-46)59-41-58-56(40-55(59)69(65)53-29-17-19-31-57(53)71(60)44-21-9-7-10-22-44)70-54-30-18-20-32-63(54)74-64-38-43(68(4,5)6)37-62(66(64)70)72(58)45-23-11-8-12-24-45/h7-41H,1-6H3. The van der Waals surface area contributed by atoms with Gasteiger partial charge in [-0.2, -0.15) is 0 Å². The van der Waals surface area contributed by atoms with Gasteiger partial charge in [-0.1, -0.05) is 192 Å². The van der Waals surface area contributed by atoms with E-state index >= 15 is 0 Å². The van der Waals surface area contributed by atoms with Gasteiger partial charge in [0, 0.05) is 61.0 Å². The fourth-order valence-corrected chi connectivity index (χ4v) is 14.2. The fraction of sp³-hybridized carbons (Fsp3) is 0.118. The third-order valence-corrected chi connectivity index (χ3v) is 17.7. The molecule has 15 rings (SSSR count). The Labute approximate surface area is 439 Å². The summed E-state index contributed by atoms with van der Waals surface area (Å²) in [4.78, 5) is 10.5. The van der Waals surface area contributed by atoms with Gasteiger partial charge in [-0.3, -0.25) is 0 Å². The summed E-state index contributed by atoms with van der Waals surface area (Å²) < 4.78 is 0. The zero-order valence-corrected chi connectivity index (χ0v) is 43.4. The predicted octanol–water partition coefficient (Wildman–Crippen LogP) is 14.6. The Kier molecular flexibility index (Phi) is 9.31. The highest BCUT2D eigenvalue weighted by Crippen LogP contribution is 2.50. The maximum atomic E-state index is 2.66. The van der Waals surface area contributed by atoms with E-state index in [4.69, 9.17) is 0 Å². The molecule has 0 bridgehead atoms. The molecule has 4 heterocycles. The van der Waals surface area contributed by atoms with Crippen LogP contribution in [-0.2, 0) is 10.8 Å². The van der Waals surface area contributed by atoms with Gasteiger partial charge in [0.05, 0.1) is 0 Å². The van der Waals surface area contributed by atoms with E-state index in [2.05, 4.69) is 269 Å². The van der Waals surface area contributed by atoms with Crippen LogP contribution >= 0.6 is 11.8 Å². The van der Waals surface area contributed by atoms with E-state index in [1.54, 1.807) is 0 Å². The van der Waals surface area contributed by atoms with E-state index in [1.807, 2.05) is 11.8 Å². The summed E-state index contributed by atoms with van der Waals surface area (Å²) >= 11 is 1.94. The van der Waals surface area contributed by atoms with Crippen LogP contribution < -0.4 is 47.5 Å². The van der Waals surface area contributed by atoms with Crippen molar-refractivity contribution in [3.8, 4) is 0 Å². The number of hydrogen-bond acceptors (Lipinski definition) is 4. The number of anilines is 9. The number of rotatable bonds is 3. The third kappa shape index (κ3) is 6.31. The van der Waals surface area contributed by atoms with Gasteiger partial charge in [0.2, 0.25) is 6.71 Å². The maximum Gasteiger partial charge on any atom is 0.252 e. The molecule has 11 aromatic carbocycles. The molecule has 74 heavy (non-hydrogen) atoms. The SMILES string of the molecule is CC(C)(C)c1cc2c3c(c1)N(c1ccccc1)c1cc4c(cc1B3c1ccccc1S2)B1c2ccccc2N(c2ccccc2)c2cc(C(C)(C)C)cc(c21)N4c1ccc2c3ccccc3c3ccccc3c2c1. The number of para-hydroxylation sites is 3. The van der Waals surface area contributed by atoms with Gasteiger partial charge in [0.1, 0.15) is 0 Å². The number of nitrogens with zero attached hydrogens (tertiary/aromatic N) is 3. The Hall–Kier alpha value is -7.92. The van der Waals surface area contributed by atoms with E-state index in [-0.39, 0.29) is 24.3 Å². The van der Waals surface area contributed by atoms with Gasteiger partial charge < -0.3 is 14.7 Å². The fourth-order valence-electron chi connectivity index (χ4n) is 13.0. The lowest BCUT2D eigenvalue weighted by Gasteiger charge is -2.47. The highest BCUT2D eigenvalue weighted by Gasteiger charge is 2.48. The van der Waals surface area contributed by atoms with Crippen molar-refractivity contribution in [1.29, 1.82) is 0 Å². The maximum absolute atomic E-state index is 2.66. The average molecular weight is 966 g/mol. The molecule has 352 valence electrons. The molecule has 4 aliphatic rings. The molecule has 6 heteroatoms. The minimum Gasteiger partial charge on any atom is -0.311 e. The monoisotopic (exact) mass is 965 g/mol. The van der Waals surface area contributed by atoms with Crippen LogP contribution in [0.25, 0.3) is 32.3 Å². The van der Waals surface area contributed by atoms with Gasteiger partial charge in [0.15, 0.2) is 0 Å². The zero-order valence-electron chi connectivity index (χ0n) is 42.6. The van der Waals surface area contributed by atoms with Gasteiger partial charge in [0.25, 0.3) is 6.71 Å². The summed E-state index contributed by atoms with van der Waals surface area (Å²) in [5, 5.41) is 7.64. The Bertz CT molecular complexity index is 4140. The molecule has 0 radical (unpaired) electrons. The molecular formula is C68H53B2N3S. The van der Waals surface area contributed by atoms with Crippen LogP contribution in [0.4, 0.5) is 51.2 Å². The van der Waals surface area contributed by atoms with Gasteiger partial charge in [-0.15, -0.1) is 0 Å². The summed E-state index contributed by atoms with van der Waals surface area (Å²) in [7, 11) is 0. The lowest BCUT2D eigenvalue weighted by Crippen LogP contribution is -2.64. The Morgan fingerprint density at radius 1 is 0.297 bits per heavy atom. The van der Waals surface area contributed by atoms with Crippen LogP contribution in [0.5, 0.6) is 0 Å². The predicted molar refractivity (Wildman–Crippen MR) is 320 cm³/mol. The molecule has 0 amide bonds. The molecule has 0 fully saturated rings. The lowest BCUT2D eigenvalue weighted by molar-refractivity contribution is 0.589. The molecule has 3 nitrogen and oxygen atoms in total. The van der Waals surface area contributed by atoms with E-state index in [0.29, 0.717) is 0 Å². The van der Waals surface area contributed by atoms with Crippen LogP contribution in [0.2, 0.25) is 0 Å². The highest BCUT2D eigenvalue weighted by molar-refractivity contribution is 8.00. The summed E-state index contributed by atoms with van der Waals surface area (Å²) in [6.07, 6.45) is 0. The van der Waals surface area contributed by atoms with E-state index in [1.165, 1.54) is 120 Å². The first kappa shape index (κ1) is 43.6. The van der Waals surface area contributed by atoms with Crippen molar-refractivity contribution in [3.63, 3.8) is 0 Å².